The summed E-state index contributed by atoms with van der Waals surface area (Å²) in [5.41, 5.74) is 5.12. The molecule has 0 fully saturated rings. The summed E-state index contributed by atoms with van der Waals surface area (Å²) >= 11 is 0. The van der Waals surface area contributed by atoms with E-state index in [1.165, 1.54) is 6.07 Å². The Balaban J connectivity index is 3.12. The number of nitrogens with two attached hydrogens (primary N) is 1. The minimum atomic E-state index is -1.29. The monoisotopic (exact) mass is 211 g/mol. The predicted octanol–water partition coefficient (Wildman–Crippen LogP) is 0.175. The van der Waals surface area contributed by atoms with Crippen molar-refractivity contribution in [2.24, 2.45) is 5.73 Å². The minimum Gasteiger partial charge on any atom is -0.507 e. The third-order valence-corrected chi connectivity index (χ3v) is 1.88. The molecule has 1 atom stereocenters. The molecule has 0 heterocycles. The van der Waals surface area contributed by atoms with Crippen LogP contribution in [0.5, 0.6) is 5.75 Å². The van der Waals surface area contributed by atoms with E-state index in [-0.39, 0.29) is 11.1 Å². The Hall–Kier alpha value is -2.08. The maximum Gasteiger partial charge on any atom is 0.339 e. The standard InChI is InChI=1S/C9H9NO5/c10-7(9(14)15)4-1-2-5(8(12)13)6(11)3-4/h1-3,7,11H,10H2,(H,12,13)(H,14,15)/t7-/m1/s1. The summed E-state index contributed by atoms with van der Waals surface area (Å²) in [6, 6.07) is 2.11. The van der Waals surface area contributed by atoms with Crippen LogP contribution in [-0.2, 0) is 4.79 Å². The largest absolute Gasteiger partial charge is 0.507 e. The highest BCUT2D eigenvalue weighted by atomic mass is 16.4. The lowest BCUT2D eigenvalue weighted by atomic mass is 10.0. The van der Waals surface area contributed by atoms with Gasteiger partial charge in [-0.3, -0.25) is 4.79 Å². The van der Waals surface area contributed by atoms with Crippen LogP contribution in [0, 0.1) is 0 Å². The van der Waals surface area contributed by atoms with Crippen molar-refractivity contribution in [3.63, 3.8) is 0 Å². The number of aromatic carboxylic acids is 1. The third-order valence-electron chi connectivity index (χ3n) is 1.88. The molecule has 0 amide bonds. The summed E-state index contributed by atoms with van der Waals surface area (Å²) in [6.45, 7) is 0. The van der Waals surface area contributed by atoms with Crippen molar-refractivity contribution in [3.8, 4) is 5.75 Å². The van der Waals surface area contributed by atoms with Crippen LogP contribution in [0.2, 0.25) is 0 Å². The van der Waals surface area contributed by atoms with E-state index in [0.717, 1.165) is 12.1 Å². The molecule has 6 nitrogen and oxygen atoms in total. The lowest BCUT2D eigenvalue weighted by molar-refractivity contribution is -0.138. The summed E-state index contributed by atoms with van der Waals surface area (Å²) in [5, 5.41) is 26.4. The molecule has 0 saturated carbocycles. The number of hydrogen-bond donors (Lipinski definition) is 4. The van der Waals surface area contributed by atoms with E-state index >= 15 is 0 Å². The topological polar surface area (TPSA) is 121 Å². The number of carboxylic acids is 2. The summed E-state index contributed by atoms with van der Waals surface area (Å²) in [6.07, 6.45) is 0. The van der Waals surface area contributed by atoms with Crippen molar-refractivity contribution < 1.29 is 24.9 Å². The van der Waals surface area contributed by atoms with Crippen molar-refractivity contribution >= 4 is 11.9 Å². The Bertz CT molecular complexity index is 415. The first kappa shape index (κ1) is 11.0. The molecule has 80 valence electrons. The molecule has 15 heavy (non-hydrogen) atoms. The zero-order valence-electron chi connectivity index (χ0n) is 7.54. The van der Waals surface area contributed by atoms with Crippen LogP contribution in [0.15, 0.2) is 18.2 Å². The van der Waals surface area contributed by atoms with Crippen LogP contribution in [0.1, 0.15) is 22.0 Å². The van der Waals surface area contributed by atoms with E-state index in [1.54, 1.807) is 0 Å². The average Bonchev–Trinajstić information content (AvgIpc) is 2.15. The van der Waals surface area contributed by atoms with Crippen LogP contribution in [-0.4, -0.2) is 27.3 Å². The van der Waals surface area contributed by atoms with Gasteiger partial charge in [-0.05, 0) is 17.7 Å². The number of aromatic hydroxyl groups is 1. The molecule has 0 spiro atoms. The second kappa shape index (κ2) is 3.97. The highest BCUT2D eigenvalue weighted by Gasteiger charge is 2.17. The maximum absolute atomic E-state index is 10.5. The van der Waals surface area contributed by atoms with Gasteiger partial charge >= 0.3 is 11.9 Å². The molecule has 0 aliphatic carbocycles. The van der Waals surface area contributed by atoms with Gasteiger partial charge in [-0.15, -0.1) is 0 Å². The molecule has 1 rings (SSSR count). The molecule has 1 aromatic carbocycles. The van der Waals surface area contributed by atoms with E-state index in [2.05, 4.69) is 0 Å². The minimum absolute atomic E-state index is 0.144. The van der Waals surface area contributed by atoms with Crippen molar-refractivity contribution in [1.82, 2.24) is 0 Å². The summed E-state index contributed by atoms with van der Waals surface area (Å²) in [7, 11) is 0. The second-order valence-corrected chi connectivity index (χ2v) is 2.90. The van der Waals surface area contributed by atoms with Crippen LogP contribution >= 0.6 is 0 Å². The van der Waals surface area contributed by atoms with Gasteiger partial charge in [-0.2, -0.15) is 0 Å². The Morgan fingerprint density at radius 2 is 1.87 bits per heavy atom. The van der Waals surface area contributed by atoms with E-state index in [0.29, 0.717) is 0 Å². The number of carboxylic acid groups (broad SMARTS) is 2. The van der Waals surface area contributed by atoms with Crippen LogP contribution in [0.25, 0.3) is 0 Å². The fourth-order valence-electron chi connectivity index (χ4n) is 1.07. The molecule has 6 heteroatoms. The van der Waals surface area contributed by atoms with Gasteiger partial charge in [0.1, 0.15) is 17.4 Å². The van der Waals surface area contributed by atoms with E-state index in [4.69, 9.17) is 15.9 Å². The molecule has 0 saturated heterocycles. The molecule has 5 N–H and O–H groups in total. The Labute approximate surface area is 84.6 Å². The fraction of sp³-hybridized carbons (Fsp3) is 0.111. The zero-order valence-corrected chi connectivity index (χ0v) is 7.54. The number of rotatable bonds is 3. The quantitative estimate of drug-likeness (QED) is 0.565. The summed E-state index contributed by atoms with van der Waals surface area (Å²) in [5.74, 6) is -3.04. The number of phenols is 1. The molecule has 0 radical (unpaired) electrons. The van der Waals surface area contributed by atoms with Crippen LogP contribution in [0.4, 0.5) is 0 Å². The third kappa shape index (κ3) is 2.23. The van der Waals surface area contributed by atoms with Gasteiger partial charge in [0.15, 0.2) is 0 Å². The van der Waals surface area contributed by atoms with Gasteiger partial charge in [-0.1, -0.05) is 6.07 Å². The average molecular weight is 211 g/mol. The summed E-state index contributed by atoms with van der Waals surface area (Å²) in [4.78, 5) is 21.0. The zero-order chi connectivity index (χ0) is 11.6. The Kier molecular flexibility index (Phi) is 2.91. The van der Waals surface area contributed by atoms with Gasteiger partial charge < -0.3 is 21.1 Å². The first-order valence-electron chi connectivity index (χ1n) is 3.98. The fourth-order valence-corrected chi connectivity index (χ4v) is 1.07. The van der Waals surface area contributed by atoms with Crippen molar-refractivity contribution in [1.29, 1.82) is 0 Å². The normalized spacial score (nSPS) is 12.1. The molecular weight excluding hydrogens is 202 g/mol. The molecule has 1 aromatic rings. The van der Waals surface area contributed by atoms with E-state index < -0.39 is 23.7 Å². The molecular formula is C9H9NO5. The predicted molar refractivity (Wildman–Crippen MR) is 49.6 cm³/mol. The highest BCUT2D eigenvalue weighted by Crippen LogP contribution is 2.22. The van der Waals surface area contributed by atoms with Gasteiger partial charge in [0.25, 0.3) is 0 Å². The van der Waals surface area contributed by atoms with Gasteiger partial charge in [0.2, 0.25) is 0 Å². The molecule has 0 aliphatic heterocycles. The second-order valence-electron chi connectivity index (χ2n) is 2.90. The van der Waals surface area contributed by atoms with Gasteiger partial charge in [-0.25, -0.2) is 4.79 Å². The summed E-state index contributed by atoms with van der Waals surface area (Å²) < 4.78 is 0. The Morgan fingerprint density at radius 1 is 1.27 bits per heavy atom. The van der Waals surface area contributed by atoms with Crippen LogP contribution < -0.4 is 5.73 Å². The van der Waals surface area contributed by atoms with Crippen LogP contribution in [0.3, 0.4) is 0 Å². The van der Waals surface area contributed by atoms with Gasteiger partial charge in [0.05, 0.1) is 0 Å². The first-order chi connectivity index (χ1) is 6.93. The number of carbonyl (C=O) groups is 2. The maximum atomic E-state index is 10.5. The molecule has 0 aliphatic rings. The highest BCUT2D eigenvalue weighted by molar-refractivity contribution is 5.91. The van der Waals surface area contributed by atoms with Crippen molar-refractivity contribution in [2.45, 2.75) is 6.04 Å². The van der Waals surface area contributed by atoms with Gasteiger partial charge in [0, 0.05) is 0 Å². The smallest absolute Gasteiger partial charge is 0.339 e. The van der Waals surface area contributed by atoms with E-state index in [1.807, 2.05) is 0 Å². The lowest BCUT2D eigenvalue weighted by Crippen LogP contribution is -2.20. The van der Waals surface area contributed by atoms with Crippen molar-refractivity contribution in [3.05, 3.63) is 29.3 Å². The number of aliphatic carboxylic acids is 1. The number of hydrogen-bond acceptors (Lipinski definition) is 4. The molecule has 0 unspecified atom stereocenters. The Morgan fingerprint density at radius 3 is 2.27 bits per heavy atom. The van der Waals surface area contributed by atoms with Crippen molar-refractivity contribution in [2.75, 3.05) is 0 Å². The van der Waals surface area contributed by atoms with E-state index in [9.17, 15) is 14.7 Å². The first-order valence-corrected chi connectivity index (χ1v) is 3.98. The SMILES string of the molecule is N[C@@H](C(=O)O)c1ccc(C(=O)O)c(O)c1. The molecule has 0 aromatic heterocycles. The molecule has 0 bridgehead atoms. The lowest BCUT2D eigenvalue weighted by Gasteiger charge is -2.08. The number of benzene rings is 1.